The Balaban J connectivity index is 1.44. The van der Waals surface area contributed by atoms with Gasteiger partial charge in [-0.15, -0.1) is 0 Å². The van der Waals surface area contributed by atoms with Gasteiger partial charge in [-0.25, -0.2) is 4.57 Å². The molecule has 0 saturated heterocycles. The van der Waals surface area contributed by atoms with E-state index in [4.69, 9.17) is 8.83 Å². The summed E-state index contributed by atoms with van der Waals surface area (Å²) < 4.78 is 15.3. The third-order valence-electron chi connectivity index (χ3n) is 9.03. The van der Waals surface area contributed by atoms with Gasteiger partial charge in [-0.1, -0.05) is 37.1 Å². The first-order valence-electron chi connectivity index (χ1n) is 13.8. The standard InChI is InChI=1S/C35H30NO2/c1-20-18-29-24-10-6-7-11-30(24)38-35(29)32(21(20)2)33-25-13-14-26-28-19-23(22-8-4-5-9-22)12-15-31(28)37-34(26)27(25)16-17-36(33)3/h6-7,10-19,22H,4-5,8-9H2,1-3H3/q+1. The van der Waals surface area contributed by atoms with E-state index in [1.54, 1.807) is 0 Å². The highest BCUT2D eigenvalue weighted by Crippen LogP contribution is 2.43. The van der Waals surface area contributed by atoms with Crippen molar-refractivity contribution in [1.82, 2.24) is 0 Å². The van der Waals surface area contributed by atoms with E-state index in [2.05, 4.69) is 92.3 Å². The van der Waals surface area contributed by atoms with E-state index in [1.807, 2.05) is 6.07 Å². The average molecular weight is 497 g/mol. The number of benzene rings is 4. The van der Waals surface area contributed by atoms with Crippen molar-refractivity contribution in [2.24, 2.45) is 7.05 Å². The molecule has 38 heavy (non-hydrogen) atoms. The quantitative estimate of drug-likeness (QED) is 0.223. The molecule has 0 radical (unpaired) electrons. The van der Waals surface area contributed by atoms with Gasteiger partial charge in [0.15, 0.2) is 6.20 Å². The zero-order chi connectivity index (χ0) is 25.5. The fraction of sp³-hybridized carbons (Fsp3) is 0.229. The number of hydrogen-bond donors (Lipinski definition) is 0. The Bertz CT molecular complexity index is 2070. The van der Waals surface area contributed by atoms with Gasteiger partial charge >= 0.3 is 0 Å². The van der Waals surface area contributed by atoms with Crippen molar-refractivity contribution in [2.45, 2.75) is 45.4 Å². The van der Waals surface area contributed by atoms with Crippen molar-refractivity contribution in [1.29, 1.82) is 0 Å². The van der Waals surface area contributed by atoms with E-state index in [1.165, 1.54) is 63.9 Å². The maximum absolute atomic E-state index is 6.57. The highest BCUT2D eigenvalue weighted by Gasteiger charge is 2.26. The highest BCUT2D eigenvalue weighted by molar-refractivity contribution is 6.18. The second-order valence-corrected chi connectivity index (χ2v) is 11.2. The van der Waals surface area contributed by atoms with Crippen LogP contribution in [0.1, 0.15) is 48.3 Å². The van der Waals surface area contributed by atoms with Crippen molar-refractivity contribution in [3.8, 4) is 11.3 Å². The third kappa shape index (κ3) is 2.99. The van der Waals surface area contributed by atoms with Crippen molar-refractivity contribution >= 4 is 54.6 Å². The van der Waals surface area contributed by atoms with Gasteiger partial charge < -0.3 is 8.83 Å². The van der Waals surface area contributed by atoms with Crippen LogP contribution in [0.5, 0.6) is 0 Å². The molecule has 4 aromatic carbocycles. The molecule has 1 aliphatic rings. The van der Waals surface area contributed by atoms with Crippen LogP contribution in [-0.2, 0) is 7.05 Å². The minimum atomic E-state index is 0.686. The molecule has 0 amide bonds. The molecule has 0 aliphatic heterocycles. The van der Waals surface area contributed by atoms with E-state index in [0.29, 0.717) is 5.92 Å². The molecular formula is C35H30NO2+. The third-order valence-corrected chi connectivity index (χ3v) is 9.03. The Morgan fingerprint density at radius 3 is 2.29 bits per heavy atom. The molecule has 0 spiro atoms. The summed E-state index contributed by atoms with van der Waals surface area (Å²) in [5.41, 5.74) is 10.1. The van der Waals surface area contributed by atoms with Crippen LogP contribution in [-0.4, -0.2) is 0 Å². The number of nitrogens with zero attached hydrogens (tertiary/aromatic N) is 1. The Morgan fingerprint density at radius 1 is 0.684 bits per heavy atom. The number of fused-ring (bicyclic) bond motifs is 8. The Hall–Kier alpha value is -4.11. The average Bonchev–Trinajstić information content (AvgIpc) is 3.67. The Morgan fingerprint density at radius 2 is 1.42 bits per heavy atom. The van der Waals surface area contributed by atoms with Crippen LogP contribution in [0.2, 0.25) is 0 Å². The summed E-state index contributed by atoms with van der Waals surface area (Å²) in [6.07, 6.45) is 7.45. The van der Waals surface area contributed by atoms with Gasteiger partial charge in [0.1, 0.15) is 29.4 Å². The maximum atomic E-state index is 6.57. The number of aromatic nitrogens is 1. The second-order valence-electron chi connectivity index (χ2n) is 11.2. The molecule has 0 unspecified atom stereocenters. The molecule has 3 heteroatoms. The first-order valence-corrected chi connectivity index (χ1v) is 13.8. The van der Waals surface area contributed by atoms with Crippen LogP contribution >= 0.6 is 0 Å². The zero-order valence-electron chi connectivity index (χ0n) is 22.1. The van der Waals surface area contributed by atoms with Crippen molar-refractivity contribution in [3.05, 3.63) is 89.6 Å². The van der Waals surface area contributed by atoms with Gasteiger partial charge in [-0.3, -0.25) is 0 Å². The topological polar surface area (TPSA) is 30.2 Å². The van der Waals surface area contributed by atoms with E-state index in [9.17, 15) is 0 Å². The van der Waals surface area contributed by atoms with Gasteiger partial charge in [0.2, 0.25) is 5.69 Å². The first-order chi connectivity index (χ1) is 18.6. The molecule has 0 N–H and O–H groups in total. The number of rotatable bonds is 2. The van der Waals surface area contributed by atoms with Crippen LogP contribution in [0.4, 0.5) is 0 Å². The zero-order valence-corrected chi connectivity index (χ0v) is 22.1. The number of para-hydroxylation sites is 1. The lowest BCUT2D eigenvalue weighted by Gasteiger charge is -2.11. The lowest BCUT2D eigenvalue weighted by molar-refractivity contribution is -0.659. The number of pyridine rings is 1. The smallest absolute Gasteiger partial charge is 0.224 e. The minimum Gasteiger partial charge on any atom is -0.455 e. The second kappa shape index (κ2) is 7.94. The first kappa shape index (κ1) is 21.9. The fourth-order valence-corrected chi connectivity index (χ4v) is 6.90. The summed E-state index contributed by atoms with van der Waals surface area (Å²) in [4.78, 5) is 0. The maximum Gasteiger partial charge on any atom is 0.224 e. The fourth-order valence-electron chi connectivity index (χ4n) is 6.90. The molecular weight excluding hydrogens is 466 g/mol. The van der Waals surface area contributed by atoms with E-state index in [0.717, 1.165) is 44.4 Å². The SMILES string of the molecule is Cc1cc2c(oc3ccccc32)c(-c2c3ccc4c5cc(C6CCCC6)ccc5oc4c3cc[n+]2C)c1C. The summed E-state index contributed by atoms with van der Waals surface area (Å²) in [7, 11) is 2.13. The summed E-state index contributed by atoms with van der Waals surface area (Å²) in [5.74, 6) is 0.686. The molecule has 0 bridgehead atoms. The van der Waals surface area contributed by atoms with E-state index >= 15 is 0 Å². The lowest BCUT2D eigenvalue weighted by atomic mass is 9.93. The Labute approximate surface area is 221 Å². The highest BCUT2D eigenvalue weighted by atomic mass is 16.3. The number of hydrogen-bond acceptors (Lipinski definition) is 2. The van der Waals surface area contributed by atoms with Gasteiger partial charge in [0.05, 0.1) is 10.9 Å². The van der Waals surface area contributed by atoms with Crippen LogP contribution < -0.4 is 4.57 Å². The summed E-state index contributed by atoms with van der Waals surface area (Å²) >= 11 is 0. The van der Waals surface area contributed by atoms with Gasteiger partial charge in [-0.05, 0) is 85.7 Å². The van der Waals surface area contributed by atoms with Gasteiger partial charge in [0.25, 0.3) is 0 Å². The molecule has 8 rings (SSSR count). The predicted octanol–water partition coefficient (Wildman–Crippen LogP) is 9.40. The lowest BCUT2D eigenvalue weighted by Crippen LogP contribution is -2.30. The molecule has 3 nitrogen and oxygen atoms in total. The normalized spacial score (nSPS) is 14.7. The number of aryl methyl sites for hydroxylation is 2. The van der Waals surface area contributed by atoms with Gasteiger partial charge in [0, 0.05) is 33.0 Å². The predicted molar refractivity (Wildman–Crippen MR) is 156 cm³/mol. The van der Waals surface area contributed by atoms with Crippen molar-refractivity contribution < 1.29 is 13.4 Å². The van der Waals surface area contributed by atoms with E-state index in [-0.39, 0.29) is 0 Å². The van der Waals surface area contributed by atoms with Gasteiger partial charge in [-0.2, -0.15) is 0 Å². The molecule has 3 aromatic heterocycles. The van der Waals surface area contributed by atoms with Crippen LogP contribution in [0.3, 0.4) is 0 Å². The monoisotopic (exact) mass is 496 g/mol. The summed E-state index contributed by atoms with van der Waals surface area (Å²) in [6, 6.07) is 24.2. The molecule has 1 aliphatic carbocycles. The van der Waals surface area contributed by atoms with Crippen molar-refractivity contribution in [3.63, 3.8) is 0 Å². The molecule has 186 valence electrons. The number of furan rings is 2. The summed E-state index contributed by atoms with van der Waals surface area (Å²) in [6.45, 7) is 4.41. The Kier molecular flexibility index (Phi) is 4.58. The minimum absolute atomic E-state index is 0.686. The molecule has 7 aromatic rings. The van der Waals surface area contributed by atoms with Crippen LogP contribution in [0, 0.1) is 13.8 Å². The molecule has 3 heterocycles. The molecule has 0 atom stereocenters. The molecule has 1 fully saturated rings. The molecule has 1 saturated carbocycles. The largest absolute Gasteiger partial charge is 0.455 e. The van der Waals surface area contributed by atoms with E-state index < -0.39 is 0 Å². The van der Waals surface area contributed by atoms with Crippen LogP contribution in [0.25, 0.3) is 65.9 Å². The van der Waals surface area contributed by atoms with Crippen molar-refractivity contribution in [2.75, 3.05) is 0 Å². The summed E-state index contributed by atoms with van der Waals surface area (Å²) in [5, 5.41) is 7.06. The van der Waals surface area contributed by atoms with Crippen LogP contribution in [0.15, 0.2) is 81.8 Å².